The second kappa shape index (κ2) is 5.86. The van der Waals surface area contributed by atoms with Gasteiger partial charge in [-0.15, -0.1) is 0 Å². The molecule has 1 nitrogen and oxygen atoms in total. The van der Waals surface area contributed by atoms with Gasteiger partial charge in [-0.2, -0.15) is 0 Å². The molecule has 1 N–H and O–H groups in total. The van der Waals surface area contributed by atoms with E-state index < -0.39 is 0 Å². The monoisotopic (exact) mass is 216 g/mol. The molecule has 0 saturated heterocycles. The van der Waals surface area contributed by atoms with Crippen LogP contribution in [0.1, 0.15) is 44.1 Å². The normalized spacial score (nSPS) is 22.3. The van der Waals surface area contributed by atoms with Crippen molar-refractivity contribution in [1.82, 2.24) is 0 Å². The highest BCUT2D eigenvalue weighted by Gasteiger charge is 2.09. The van der Waals surface area contributed by atoms with Crippen LogP contribution in [0.3, 0.4) is 0 Å². The lowest BCUT2D eigenvalue weighted by molar-refractivity contribution is 0.146. The molecule has 1 fully saturated rings. The quantitative estimate of drug-likeness (QED) is 0.757. The maximum atomic E-state index is 9.57. The summed E-state index contributed by atoms with van der Waals surface area (Å²) >= 11 is 0. The molecule has 86 valence electrons. The zero-order valence-corrected chi connectivity index (χ0v) is 9.73. The number of hydrogen-bond acceptors (Lipinski definition) is 1. The van der Waals surface area contributed by atoms with Crippen LogP contribution < -0.4 is 0 Å². The lowest BCUT2D eigenvalue weighted by Crippen LogP contribution is -2.08. The molecule has 2 rings (SSSR count). The predicted molar refractivity (Wildman–Crippen MR) is 68.1 cm³/mol. The molecule has 0 aliphatic heterocycles. The predicted octanol–water partition coefficient (Wildman–Crippen LogP) is 3.79. The Morgan fingerprint density at radius 3 is 2.25 bits per heavy atom. The second-order valence-electron chi connectivity index (χ2n) is 4.65. The number of allylic oxidation sites excluding steroid dienone is 1. The molecule has 0 radical (unpaired) electrons. The standard InChI is InChI=1S/C15H20O/c16-15-10-4-8-14(9-5-11-15)12-13-6-2-1-3-7-13/h1-3,6-7,12,15-16H,4-5,8-11H2. The van der Waals surface area contributed by atoms with E-state index in [9.17, 15) is 5.11 Å². The molecule has 1 aliphatic rings. The smallest absolute Gasteiger partial charge is 0.0540 e. The second-order valence-corrected chi connectivity index (χ2v) is 4.65. The molecule has 1 aromatic rings. The van der Waals surface area contributed by atoms with E-state index >= 15 is 0 Å². The Morgan fingerprint density at radius 1 is 1.00 bits per heavy atom. The maximum Gasteiger partial charge on any atom is 0.0540 e. The SMILES string of the molecule is OC1CCCC(=Cc2ccccc2)CCC1. The van der Waals surface area contributed by atoms with Gasteiger partial charge in [0, 0.05) is 0 Å². The van der Waals surface area contributed by atoms with Crippen LogP contribution in [-0.2, 0) is 0 Å². The maximum absolute atomic E-state index is 9.57. The van der Waals surface area contributed by atoms with Crippen molar-refractivity contribution >= 4 is 6.08 Å². The largest absolute Gasteiger partial charge is 0.393 e. The van der Waals surface area contributed by atoms with Crippen molar-refractivity contribution in [2.24, 2.45) is 0 Å². The van der Waals surface area contributed by atoms with Gasteiger partial charge in [0.15, 0.2) is 0 Å². The van der Waals surface area contributed by atoms with Crippen LogP contribution in [0.4, 0.5) is 0 Å². The molecule has 0 spiro atoms. The lowest BCUT2D eigenvalue weighted by atomic mass is 9.93. The number of rotatable bonds is 1. The van der Waals surface area contributed by atoms with E-state index in [1.165, 1.54) is 11.1 Å². The Morgan fingerprint density at radius 2 is 1.62 bits per heavy atom. The van der Waals surface area contributed by atoms with Crippen molar-refractivity contribution in [1.29, 1.82) is 0 Å². The first-order valence-electron chi connectivity index (χ1n) is 6.27. The van der Waals surface area contributed by atoms with Gasteiger partial charge in [0.25, 0.3) is 0 Å². The molecule has 1 aromatic carbocycles. The van der Waals surface area contributed by atoms with Gasteiger partial charge in [0.05, 0.1) is 6.10 Å². The van der Waals surface area contributed by atoms with E-state index in [1.807, 2.05) is 0 Å². The Kier molecular flexibility index (Phi) is 4.17. The molecule has 16 heavy (non-hydrogen) atoms. The minimum atomic E-state index is -0.0572. The van der Waals surface area contributed by atoms with E-state index in [1.54, 1.807) is 0 Å². The van der Waals surface area contributed by atoms with Crippen molar-refractivity contribution in [2.45, 2.75) is 44.6 Å². The zero-order chi connectivity index (χ0) is 11.2. The van der Waals surface area contributed by atoms with Crippen LogP contribution in [-0.4, -0.2) is 11.2 Å². The van der Waals surface area contributed by atoms with Gasteiger partial charge in [-0.05, 0) is 44.1 Å². The summed E-state index contributed by atoms with van der Waals surface area (Å²) in [5, 5.41) is 9.57. The summed E-state index contributed by atoms with van der Waals surface area (Å²) in [5.74, 6) is 0. The van der Waals surface area contributed by atoms with E-state index in [2.05, 4.69) is 36.4 Å². The summed E-state index contributed by atoms with van der Waals surface area (Å²) in [7, 11) is 0. The van der Waals surface area contributed by atoms with Crippen molar-refractivity contribution in [3.05, 3.63) is 41.5 Å². The van der Waals surface area contributed by atoms with Crippen LogP contribution in [0.5, 0.6) is 0 Å². The average Bonchev–Trinajstić information content (AvgIpc) is 2.27. The van der Waals surface area contributed by atoms with Crippen LogP contribution in [0.25, 0.3) is 6.08 Å². The number of benzene rings is 1. The van der Waals surface area contributed by atoms with Crippen LogP contribution >= 0.6 is 0 Å². The fourth-order valence-corrected chi connectivity index (χ4v) is 2.33. The summed E-state index contributed by atoms with van der Waals surface area (Å²) in [6.45, 7) is 0. The van der Waals surface area contributed by atoms with Crippen molar-refractivity contribution in [3.8, 4) is 0 Å². The first-order chi connectivity index (χ1) is 7.84. The molecule has 0 heterocycles. The van der Waals surface area contributed by atoms with E-state index in [0.29, 0.717) is 0 Å². The highest BCUT2D eigenvalue weighted by Crippen LogP contribution is 2.23. The molecule has 0 atom stereocenters. The number of aliphatic hydroxyl groups is 1. The molecule has 0 aromatic heterocycles. The van der Waals surface area contributed by atoms with Crippen LogP contribution in [0.15, 0.2) is 35.9 Å². The molecular formula is C15H20O. The highest BCUT2D eigenvalue weighted by atomic mass is 16.3. The molecule has 1 saturated carbocycles. The summed E-state index contributed by atoms with van der Waals surface area (Å²) in [6, 6.07) is 10.5. The van der Waals surface area contributed by atoms with E-state index in [4.69, 9.17) is 0 Å². The minimum absolute atomic E-state index is 0.0572. The number of aliphatic hydroxyl groups excluding tert-OH is 1. The van der Waals surface area contributed by atoms with Crippen LogP contribution in [0.2, 0.25) is 0 Å². The van der Waals surface area contributed by atoms with E-state index in [-0.39, 0.29) is 6.10 Å². The highest BCUT2D eigenvalue weighted by molar-refractivity contribution is 5.52. The Hall–Kier alpha value is -1.08. The molecule has 1 heteroatoms. The van der Waals surface area contributed by atoms with Crippen molar-refractivity contribution in [2.75, 3.05) is 0 Å². The summed E-state index contributed by atoms with van der Waals surface area (Å²) in [6.07, 6.45) is 8.73. The fraction of sp³-hybridized carbons (Fsp3) is 0.467. The minimum Gasteiger partial charge on any atom is -0.393 e. The van der Waals surface area contributed by atoms with Gasteiger partial charge in [-0.25, -0.2) is 0 Å². The van der Waals surface area contributed by atoms with Gasteiger partial charge in [0.2, 0.25) is 0 Å². The average molecular weight is 216 g/mol. The molecule has 1 aliphatic carbocycles. The summed E-state index contributed by atoms with van der Waals surface area (Å²) < 4.78 is 0. The fourth-order valence-electron chi connectivity index (χ4n) is 2.33. The van der Waals surface area contributed by atoms with Gasteiger partial charge < -0.3 is 5.11 Å². The third-order valence-corrected chi connectivity index (χ3v) is 3.24. The third kappa shape index (κ3) is 3.49. The van der Waals surface area contributed by atoms with Gasteiger partial charge in [0.1, 0.15) is 0 Å². The number of hydrogen-bond donors (Lipinski definition) is 1. The van der Waals surface area contributed by atoms with Gasteiger partial charge >= 0.3 is 0 Å². The van der Waals surface area contributed by atoms with Crippen LogP contribution in [0, 0.1) is 0 Å². The van der Waals surface area contributed by atoms with Crippen molar-refractivity contribution in [3.63, 3.8) is 0 Å². The summed E-state index contributed by atoms with van der Waals surface area (Å²) in [4.78, 5) is 0. The van der Waals surface area contributed by atoms with Crippen molar-refractivity contribution < 1.29 is 5.11 Å². The first-order valence-corrected chi connectivity index (χ1v) is 6.27. The first kappa shape index (κ1) is 11.4. The Balaban J connectivity index is 2.01. The molecule has 0 unspecified atom stereocenters. The van der Waals surface area contributed by atoms with Gasteiger partial charge in [-0.3, -0.25) is 0 Å². The molecular weight excluding hydrogens is 196 g/mol. The Bertz CT molecular complexity index is 328. The van der Waals surface area contributed by atoms with E-state index in [0.717, 1.165) is 38.5 Å². The molecule has 0 amide bonds. The molecule has 0 bridgehead atoms. The summed E-state index contributed by atoms with van der Waals surface area (Å²) in [5.41, 5.74) is 2.84. The zero-order valence-electron chi connectivity index (χ0n) is 9.73. The lowest BCUT2D eigenvalue weighted by Gasteiger charge is -2.16. The third-order valence-electron chi connectivity index (χ3n) is 3.24. The van der Waals surface area contributed by atoms with Gasteiger partial charge in [-0.1, -0.05) is 42.0 Å². The Labute approximate surface area is 97.8 Å². The topological polar surface area (TPSA) is 20.2 Å².